The molecule has 0 saturated carbocycles. The molecular weight excluding hydrogens is 464 g/mol. The van der Waals surface area contributed by atoms with Crippen LogP contribution in [0, 0.1) is 17.6 Å². The highest BCUT2D eigenvalue weighted by Crippen LogP contribution is 2.67. The molecule has 3 aromatic rings. The Morgan fingerprint density at radius 3 is 2.36 bits per heavy atom. The summed E-state index contributed by atoms with van der Waals surface area (Å²) in [6, 6.07) is 16.0. The summed E-state index contributed by atoms with van der Waals surface area (Å²) in [5, 5.41) is 5.82. The molecule has 2 saturated heterocycles. The number of amides is 2. The van der Waals surface area contributed by atoms with Gasteiger partial charge < -0.3 is 10.6 Å². The van der Waals surface area contributed by atoms with Crippen LogP contribution in [0.5, 0.6) is 0 Å². The zero-order valence-electron chi connectivity index (χ0n) is 19.1. The highest BCUT2D eigenvalue weighted by atomic mass is 19.1. The van der Waals surface area contributed by atoms with Crippen molar-refractivity contribution < 1.29 is 23.2 Å². The van der Waals surface area contributed by atoms with Crippen LogP contribution in [-0.2, 0) is 20.5 Å². The first-order valence-corrected chi connectivity index (χ1v) is 12.0. The zero-order chi connectivity index (χ0) is 24.8. The standard InChI is InChI=1S/C28H21F2N3O3/c29-16-9-7-15(8-10-16)24(34)23-22-6-3-13-33(22)28(19-14-17(30)11-12-21(19)32-26(28)36)27(23)18-4-1-2-5-20(18)31-25(27)35/h1-2,4-5,7-12,14,22-23H,3,6,13H2,(H,31,35)(H,32,36)/t22-,23-,27+,28+/m1/s1. The van der Waals surface area contributed by atoms with Gasteiger partial charge in [0.05, 0.1) is 5.92 Å². The fourth-order valence-corrected chi connectivity index (χ4v) is 7.34. The number of nitrogens with one attached hydrogen (secondary N) is 2. The average Bonchev–Trinajstić information content (AvgIpc) is 3.58. The second-order valence-electron chi connectivity index (χ2n) is 9.91. The number of fused-ring (bicyclic) bond motifs is 7. The lowest BCUT2D eigenvalue weighted by Crippen LogP contribution is -2.62. The summed E-state index contributed by atoms with van der Waals surface area (Å²) in [6.45, 7) is 0.471. The van der Waals surface area contributed by atoms with Crippen molar-refractivity contribution in [2.45, 2.75) is 29.8 Å². The number of hydrogen-bond acceptors (Lipinski definition) is 4. The lowest BCUT2D eigenvalue weighted by Gasteiger charge is -2.43. The molecule has 0 bridgehead atoms. The molecule has 0 aromatic heterocycles. The number of rotatable bonds is 2. The number of anilines is 2. The third-order valence-electron chi connectivity index (χ3n) is 8.47. The van der Waals surface area contributed by atoms with Crippen LogP contribution in [0.25, 0.3) is 0 Å². The van der Waals surface area contributed by atoms with Crippen LogP contribution in [0.4, 0.5) is 20.2 Å². The highest BCUT2D eigenvalue weighted by molar-refractivity contribution is 6.21. The Bertz CT molecular complexity index is 1490. The number of benzene rings is 3. The third kappa shape index (κ3) is 2.31. The van der Waals surface area contributed by atoms with Gasteiger partial charge in [0, 0.05) is 28.5 Å². The summed E-state index contributed by atoms with van der Waals surface area (Å²) < 4.78 is 28.5. The maximum Gasteiger partial charge on any atom is 0.251 e. The molecule has 7 rings (SSSR count). The maximum absolute atomic E-state index is 14.7. The molecule has 2 spiro atoms. The molecule has 0 radical (unpaired) electrons. The summed E-state index contributed by atoms with van der Waals surface area (Å²) in [5.74, 6) is -3.21. The topological polar surface area (TPSA) is 78.5 Å². The van der Waals surface area contributed by atoms with Crippen molar-refractivity contribution in [3.8, 4) is 0 Å². The van der Waals surface area contributed by atoms with Gasteiger partial charge in [-0.25, -0.2) is 8.78 Å². The molecule has 4 aliphatic rings. The van der Waals surface area contributed by atoms with Crippen LogP contribution in [0.15, 0.2) is 66.7 Å². The van der Waals surface area contributed by atoms with Gasteiger partial charge in [-0.05, 0) is 73.5 Å². The van der Waals surface area contributed by atoms with E-state index in [1.807, 2.05) is 4.90 Å². The first-order valence-electron chi connectivity index (χ1n) is 12.0. The van der Waals surface area contributed by atoms with Crippen molar-refractivity contribution in [2.24, 2.45) is 5.92 Å². The number of halogens is 2. The van der Waals surface area contributed by atoms with Gasteiger partial charge in [-0.15, -0.1) is 0 Å². The van der Waals surface area contributed by atoms with Crippen molar-refractivity contribution >= 4 is 29.0 Å². The first kappa shape index (κ1) is 21.4. The first-order chi connectivity index (χ1) is 17.4. The number of carbonyl (C=O) groups excluding carboxylic acids is 3. The van der Waals surface area contributed by atoms with Gasteiger partial charge in [0.25, 0.3) is 5.91 Å². The van der Waals surface area contributed by atoms with E-state index in [0.717, 1.165) is 6.42 Å². The molecule has 3 aromatic carbocycles. The van der Waals surface area contributed by atoms with Gasteiger partial charge in [-0.1, -0.05) is 18.2 Å². The molecule has 4 heterocycles. The van der Waals surface area contributed by atoms with Crippen LogP contribution < -0.4 is 10.6 Å². The lowest BCUT2D eigenvalue weighted by atomic mass is 9.57. The summed E-state index contributed by atoms with van der Waals surface area (Å²) in [6.07, 6.45) is 1.31. The minimum atomic E-state index is -1.65. The largest absolute Gasteiger partial charge is 0.325 e. The average molecular weight is 485 g/mol. The minimum absolute atomic E-state index is 0.264. The summed E-state index contributed by atoms with van der Waals surface area (Å²) in [4.78, 5) is 44.7. The molecule has 0 aliphatic carbocycles. The van der Waals surface area contributed by atoms with Crippen LogP contribution in [0.2, 0.25) is 0 Å². The molecule has 8 heteroatoms. The predicted octanol–water partition coefficient (Wildman–Crippen LogP) is 3.98. The van der Waals surface area contributed by atoms with Gasteiger partial charge >= 0.3 is 0 Å². The van der Waals surface area contributed by atoms with Gasteiger partial charge in [-0.2, -0.15) is 0 Å². The second-order valence-corrected chi connectivity index (χ2v) is 9.91. The summed E-state index contributed by atoms with van der Waals surface area (Å²) >= 11 is 0. The molecule has 4 atom stereocenters. The Balaban J connectivity index is 1.59. The highest BCUT2D eigenvalue weighted by Gasteiger charge is 2.81. The number of carbonyl (C=O) groups is 3. The van der Waals surface area contributed by atoms with E-state index in [4.69, 9.17) is 0 Å². The van der Waals surface area contributed by atoms with E-state index in [9.17, 15) is 23.2 Å². The lowest BCUT2D eigenvalue weighted by molar-refractivity contribution is -0.137. The fraction of sp³-hybridized carbons (Fsp3) is 0.250. The molecule has 6 nitrogen and oxygen atoms in total. The monoisotopic (exact) mass is 485 g/mol. The molecule has 4 aliphatic heterocycles. The third-order valence-corrected chi connectivity index (χ3v) is 8.47. The summed E-state index contributed by atoms with van der Waals surface area (Å²) in [7, 11) is 0. The SMILES string of the molecule is O=C(c1ccc(F)cc1)[C@H]1[C@H]2CCCN2[C@@]2(C(=O)Nc3ccc(F)cc32)[C@]12C(=O)Nc1ccccc12. The van der Waals surface area contributed by atoms with Gasteiger partial charge in [-0.3, -0.25) is 19.3 Å². The zero-order valence-corrected chi connectivity index (χ0v) is 19.1. The van der Waals surface area contributed by atoms with Gasteiger partial charge in [0.1, 0.15) is 22.6 Å². The smallest absolute Gasteiger partial charge is 0.251 e. The summed E-state index contributed by atoms with van der Waals surface area (Å²) in [5.41, 5.74) is -1.15. The van der Waals surface area contributed by atoms with Crippen molar-refractivity contribution in [3.05, 3.63) is 95.1 Å². The molecule has 180 valence electrons. The molecule has 36 heavy (non-hydrogen) atoms. The van der Waals surface area contributed by atoms with Gasteiger partial charge in [0.15, 0.2) is 5.78 Å². The number of para-hydroxylation sites is 1. The van der Waals surface area contributed by atoms with E-state index < -0.39 is 46.4 Å². The van der Waals surface area contributed by atoms with Crippen molar-refractivity contribution in [1.82, 2.24) is 4.90 Å². The van der Waals surface area contributed by atoms with Crippen molar-refractivity contribution in [1.29, 1.82) is 0 Å². The predicted molar refractivity (Wildman–Crippen MR) is 127 cm³/mol. The van der Waals surface area contributed by atoms with Gasteiger partial charge in [0.2, 0.25) is 5.91 Å². The number of ketones is 1. The normalized spacial score (nSPS) is 29.8. The van der Waals surface area contributed by atoms with E-state index in [1.54, 1.807) is 24.3 Å². The minimum Gasteiger partial charge on any atom is -0.325 e. The molecule has 2 amide bonds. The molecule has 0 unspecified atom stereocenters. The van der Waals surface area contributed by atoms with Crippen LogP contribution in [-0.4, -0.2) is 35.1 Å². The second kappa shape index (κ2) is 7.07. The fourth-order valence-electron chi connectivity index (χ4n) is 7.34. The van der Waals surface area contributed by atoms with Crippen LogP contribution >= 0.6 is 0 Å². The van der Waals surface area contributed by atoms with E-state index in [-0.39, 0.29) is 11.3 Å². The Morgan fingerprint density at radius 2 is 1.56 bits per heavy atom. The Morgan fingerprint density at radius 1 is 0.861 bits per heavy atom. The van der Waals surface area contributed by atoms with E-state index in [0.29, 0.717) is 35.5 Å². The van der Waals surface area contributed by atoms with E-state index in [1.165, 1.54) is 42.5 Å². The van der Waals surface area contributed by atoms with E-state index in [2.05, 4.69) is 10.6 Å². The van der Waals surface area contributed by atoms with E-state index >= 15 is 0 Å². The molecule has 2 fully saturated rings. The quantitative estimate of drug-likeness (QED) is 0.539. The van der Waals surface area contributed by atoms with Crippen molar-refractivity contribution in [3.63, 3.8) is 0 Å². The maximum atomic E-state index is 14.7. The molecule has 2 N–H and O–H groups in total. The number of nitrogens with zero attached hydrogens (tertiary/aromatic N) is 1. The Kier molecular flexibility index (Phi) is 4.20. The Hall–Kier alpha value is -3.91. The van der Waals surface area contributed by atoms with Crippen LogP contribution in [0.1, 0.15) is 34.3 Å². The van der Waals surface area contributed by atoms with Crippen molar-refractivity contribution in [2.75, 3.05) is 17.2 Å². The number of Topliss-reactive ketones (excluding diaryl/α,β-unsaturated/α-hetero) is 1. The number of hydrogen-bond donors (Lipinski definition) is 2. The van der Waals surface area contributed by atoms with Crippen LogP contribution in [0.3, 0.4) is 0 Å². The molecular formula is C28H21F2N3O3. The Labute approximate surface area is 205 Å².